The Morgan fingerprint density at radius 1 is 1.55 bits per heavy atom. The van der Waals surface area contributed by atoms with Crippen LogP contribution in [0.5, 0.6) is 0 Å². The molecule has 64 valence electrons. The van der Waals surface area contributed by atoms with Crippen LogP contribution in [0.15, 0.2) is 4.99 Å². The third-order valence-electron chi connectivity index (χ3n) is 2.07. The van der Waals surface area contributed by atoms with Crippen LogP contribution in [0.2, 0.25) is 0 Å². The van der Waals surface area contributed by atoms with Crippen LogP contribution in [-0.4, -0.2) is 18.5 Å². The lowest BCUT2D eigenvalue weighted by Gasteiger charge is -2.33. The van der Waals surface area contributed by atoms with Crippen molar-refractivity contribution in [1.82, 2.24) is 5.32 Å². The maximum absolute atomic E-state index is 5.56. The Morgan fingerprint density at radius 3 is 2.55 bits per heavy atom. The Morgan fingerprint density at radius 2 is 2.18 bits per heavy atom. The summed E-state index contributed by atoms with van der Waals surface area (Å²) in [6.45, 7) is 7.50. The van der Waals surface area contributed by atoms with Crippen LogP contribution in [0.25, 0.3) is 0 Å². The molecule has 0 unspecified atom stereocenters. The van der Waals surface area contributed by atoms with Crippen LogP contribution in [0, 0.1) is 5.41 Å². The lowest BCUT2D eigenvalue weighted by molar-refractivity contribution is 0.278. The normalized spacial score (nSPS) is 25.7. The van der Waals surface area contributed by atoms with E-state index in [2.05, 4.69) is 31.1 Å². The lowest BCUT2D eigenvalue weighted by atomic mass is 9.84. The van der Waals surface area contributed by atoms with Gasteiger partial charge in [0.05, 0.1) is 0 Å². The molecule has 3 N–H and O–H groups in total. The fraction of sp³-hybridized carbons (Fsp3) is 0.875. The van der Waals surface area contributed by atoms with E-state index in [0.29, 0.717) is 12.0 Å². The summed E-state index contributed by atoms with van der Waals surface area (Å²) in [5.41, 5.74) is 5.84. The monoisotopic (exact) mass is 155 g/mol. The van der Waals surface area contributed by atoms with Crippen molar-refractivity contribution < 1.29 is 0 Å². The molecule has 0 aromatic rings. The first-order chi connectivity index (χ1) is 5.00. The van der Waals surface area contributed by atoms with Crippen LogP contribution < -0.4 is 11.1 Å². The SMILES string of the molecule is CC(C)(C)[C@H]1CCN=C(N)N1. The third-order valence-corrected chi connectivity index (χ3v) is 2.07. The van der Waals surface area contributed by atoms with Crippen molar-refractivity contribution in [2.75, 3.05) is 6.54 Å². The highest BCUT2D eigenvalue weighted by Gasteiger charge is 2.26. The second-order valence-corrected chi connectivity index (χ2v) is 4.12. The molecule has 1 aliphatic rings. The molecule has 0 spiro atoms. The van der Waals surface area contributed by atoms with Crippen molar-refractivity contribution in [2.24, 2.45) is 16.1 Å². The minimum atomic E-state index is 0.278. The predicted molar refractivity (Wildman–Crippen MR) is 47.5 cm³/mol. The maximum atomic E-state index is 5.56. The Bertz CT molecular complexity index is 167. The van der Waals surface area contributed by atoms with Gasteiger partial charge in [0, 0.05) is 12.6 Å². The van der Waals surface area contributed by atoms with Crippen molar-refractivity contribution in [1.29, 1.82) is 0 Å². The van der Waals surface area contributed by atoms with Gasteiger partial charge in [-0.2, -0.15) is 0 Å². The van der Waals surface area contributed by atoms with E-state index >= 15 is 0 Å². The van der Waals surface area contributed by atoms with Gasteiger partial charge in [-0.3, -0.25) is 4.99 Å². The van der Waals surface area contributed by atoms with E-state index in [1.807, 2.05) is 0 Å². The predicted octanol–water partition coefficient (Wildman–Crippen LogP) is 0.709. The summed E-state index contributed by atoms with van der Waals surface area (Å²) >= 11 is 0. The molecule has 1 rings (SSSR count). The summed E-state index contributed by atoms with van der Waals surface area (Å²) in [5.74, 6) is 0.594. The molecule has 0 aromatic heterocycles. The minimum Gasteiger partial charge on any atom is -0.370 e. The highest BCUT2D eigenvalue weighted by atomic mass is 15.1. The summed E-state index contributed by atoms with van der Waals surface area (Å²) in [5, 5.41) is 3.18. The summed E-state index contributed by atoms with van der Waals surface area (Å²) in [7, 11) is 0. The minimum absolute atomic E-state index is 0.278. The zero-order chi connectivity index (χ0) is 8.48. The number of hydrogen-bond donors (Lipinski definition) is 2. The van der Waals surface area contributed by atoms with Crippen molar-refractivity contribution >= 4 is 5.96 Å². The summed E-state index contributed by atoms with van der Waals surface area (Å²) in [4.78, 5) is 4.08. The topological polar surface area (TPSA) is 50.4 Å². The number of guanidine groups is 1. The molecular formula is C8H17N3. The van der Waals surface area contributed by atoms with E-state index in [0.717, 1.165) is 13.0 Å². The van der Waals surface area contributed by atoms with Crippen LogP contribution in [0.4, 0.5) is 0 Å². The summed E-state index contributed by atoms with van der Waals surface area (Å²) in [6, 6.07) is 0.472. The van der Waals surface area contributed by atoms with Crippen LogP contribution in [0.1, 0.15) is 27.2 Å². The molecule has 0 radical (unpaired) electrons. The molecule has 0 fully saturated rings. The number of aliphatic imine (C=N–C) groups is 1. The fourth-order valence-electron chi connectivity index (χ4n) is 1.26. The molecule has 3 heteroatoms. The number of nitrogens with two attached hydrogens (primary N) is 1. The standard InChI is InChI=1S/C8H17N3/c1-8(2,3)6-4-5-10-7(9)11-6/h6H,4-5H2,1-3H3,(H3,9,10,11)/t6-/m1/s1. The van der Waals surface area contributed by atoms with Crippen molar-refractivity contribution in [3.8, 4) is 0 Å². The van der Waals surface area contributed by atoms with E-state index < -0.39 is 0 Å². The van der Waals surface area contributed by atoms with Gasteiger partial charge in [-0.25, -0.2) is 0 Å². The molecule has 0 saturated carbocycles. The summed E-state index contributed by atoms with van der Waals surface area (Å²) < 4.78 is 0. The molecule has 1 atom stereocenters. The molecule has 1 heterocycles. The Kier molecular flexibility index (Phi) is 2.07. The van der Waals surface area contributed by atoms with Gasteiger partial charge < -0.3 is 11.1 Å². The first-order valence-corrected chi connectivity index (χ1v) is 4.06. The van der Waals surface area contributed by atoms with Crippen molar-refractivity contribution in [3.05, 3.63) is 0 Å². The van der Waals surface area contributed by atoms with E-state index in [1.165, 1.54) is 0 Å². The highest BCUT2D eigenvalue weighted by molar-refractivity contribution is 5.78. The Labute approximate surface area is 68.1 Å². The molecule has 0 bridgehead atoms. The average molecular weight is 155 g/mol. The number of rotatable bonds is 0. The molecule has 1 aliphatic heterocycles. The van der Waals surface area contributed by atoms with Crippen LogP contribution in [0.3, 0.4) is 0 Å². The molecule has 0 aromatic carbocycles. The fourth-order valence-corrected chi connectivity index (χ4v) is 1.26. The van der Waals surface area contributed by atoms with Gasteiger partial charge >= 0.3 is 0 Å². The molecular weight excluding hydrogens is 138 g/mol. The van der Waals surface area contributed by atoms with Gasteiger partial charge in [0.15, 0.2) is 5.96 Å². The first kappa shape index (κ1) is 8.37. The summed E-state index contributed by atoms with van der Waals surface area (Å²) in [6.07, 6.45) is 1.09. The highest BCUT2D eigenvalue weighted by Crippen LogP contribution is 2.22. The molecule has 0 saturated heterocycles. The van der Waals surface area contributed by atoms with Crippen molar-refractivity contribution in [2.45, 2.75) is 33.2 Å². The van der Waals surface area contributed by atoms with Crippen LogP contribution in [-0.2, 0) is 0 Å². The largest absolute Gasteiger partial charge is 0.370 e. The average Bonchev–Trinajstić information content (AvgIpc) is 1.86. The van der Waals surface area contributed by atoms with E-state index in [-0.39, 0.29) is 5.41 Å². The maximum Gasteiger partial charge on any atom is 0.188 e. The van der Waals surface area contributed by atoms with E-state index in [9.17, 15) is 0 Å². The Balaban J connectivity index is 2.58. The smallest absolute Gasteiger partial charge is 0.188 e. The molecule has 0 aliphatic carbocycles. The van der Waals surface area contributed by atoms with Gasteiger partial charge in [-0.1, -0.05) is 20.8 Å². The second-order valence-electron chi connectivity index (χ2n) is 4.12. The van der Waals surface area contributed by atoms with E-state index in [1.54, 1.807) is 0 Å². The van der Waals surface area contributed by atoms with Gasteiger partial charge in [0.25, 0.3) is 0 Å². The number of nitrogens with zero attached hydrogens (tertiary/aromatic N) is 1. The van der Waals surface area contributed by atoms with Gasteiger partial charge in [-0.15, -0.1) is 0 Å². The Hall–Kier alpha value is -0.730. The molecule has 11 heavy (non-hydrogen) atoms. The van der Waals surface area contributed by atoms with Crippen molar-refractivity contribution in [3.63, 3.8) is 0 Å². The third kappa shape index (κ3) is 2.10. The molecule has 3 nitrogen and oxygen atoms in total. The van der Waals surface area contributed by atoms with Crippen LogP contribution >= 0.6 is 0 Å². The van der Waals surface area contributed by atoms with Gasteiger partial charge in [0.1, 0.15) is 0 Å². The number of hydrogen-bond acceptors (Lipinski definition) is 3. The zero-order valence-corrected chi connectivity index (χ0v) is 7.52. The van der Waals surface area contributed by atoms with Gasteiger partial charge in [0.2, 0.25) is 0 Å². The molecule has 0 amide bonds. The lowest BCUT2D eigenvalue weighted by Crippen LogP contribution is -2.49. The zero-order valence-electron chi connectivity index (χ0n) is 7.52. The second kappa shape index (κ2) is 2.72. The number of nitrogens with one attached hydrogen (secondary N) is 1. The quantitative estimate of drug-likeness (QED) is 0.541. The first-order valence-electron chi connectivity index (χ1n) is 4.06. The van der Waals surface area contributed by atoms with E-state index in [4.69, 9.17) is 5.73 Å². The van der Waals surface area contributed by atoms with Gasteiger partial charge in [-0.05, 0) is 11.8 Å².